The Labute approximate surface area is 302 Å². The topological polar surface area (TPSA) is 16.4 Å². The lowest BCUT2D eigenvalue weighted by Gasteiger charge is -2.57. The lowest BCUT2D eigenvalue weighted by atomic mass is 9.48. The Kier molecular flexibility index (Phi) is 6.60. The molecular formula is C49H49NO. The van der Waals surface area contributed by atoms with Gasteiger partial charge in [-0.05, 0) is 151 Å². The van der Waals surface area contributed by atoms with Crippen LogP contribution in [-0.4, -0.2) is 0 Å². The largest absolute Gasteiger partial charge is 0.455 e. The summed E-state index contributed by atoms with van der Waals surface area (Å²) in [4.78, 5) is 2.52. The van der Waals surface area contributed by atoms with Crippen molar-refractivity contribution >= 4 is 39.0 Å². The molecule has 6 aliphatic rings. The van der Waals surface area contributed by atoms with Crippen LogP contribution in [0, 0.1) is 17.8 Å². The smallest absolute Gasteiger partial charge is 0.143 e. The van der Waals surface area contributed by atoms with Crippen molar-refractivity contribution in [2.24, 2.45) is 17.8 Å². The zero-order valence-corrected chi connectivity index (χ0v) is 30.3. The zero-order chi connectivity index (χ0) is 33.9. The molecule has 0 aliphatic heterocycles. The van der Waals surface area contributed by atoms with Gasteiger partial charge in [0.25, 0.3) is 0 Å². The van der Waals surface area contributed by atoms with E-state index < -0.39 is 0 Å². The van der Waals surface area contributed by atoms with Crippen LogP contribution in [0.3, 0.4) is 0 Å². The van der Waals surface area contributed by atoms with Gasteiger partial charge in [0.05, 0.1) is 0 Å². The minimum Gasteiger partial charge on any atom is -0.455 e. The summed E-state index contributed by atoms with van der Waals surface area (Å²) >= 11 is 0. The third-order valence-electron chi connectivity index (χ3n) is 14.4. The highest BCUT2D eigenvalue weighted by Gasteiger charge is 2.51. The number of benzene rings is 5. The maximum atomic E-state index is 6.61. The van der Waals surface area contributed by atoms with Crippen molar-refractivity contribution in [1.29, 1.82) is 0 Å². The summed E-state index contributed by atoms with van der Waals surface area (Å²) in [5.41, 5.74) is 14.3. The average Bonchev–Trinajstić information content (AvgIpc) is 3.64. The molecule has 0 N–H and O–H groups in total. The summed E-state index contributed by atoms with van der Waals surface area (Å²) in [6.07, 6.45) is 15.5. The number of para-hydroxylation sites is 1. The molecule has 4 bridgehead atoms. The standard InChI is InChI=1S/C49H49NO/c1-48(2)43-23-22-41-40-10-6-7-11-45(40)51-47(41)46(43)42-21-20-39(27-44(42)48)50(37-16-12-35(13-17-37)34-8-4-3-5-9-34)38-18-14-36(15-19-38)49-28-31-24-32(29-49)26-33(25-31)30-49/h6-7,10-23,27,31-34H,3-5,8-9,24-26,28-30H2,1-2H3. The van der Waals surface area contributed by atoms with Crippen LogP contribution in [0.25, 0.3) is 33.1 Å². The molecule has 1 heterocycles. The van der Waals surface area contributed by atoms with E-state index in [-0.39, 0.29) is 5.41 Å². The van der Waals surface area contributed by atoms with Crippen molar-refractivity contribution in [3.8, 4) is 11.1 Å². The van der Waals surface area contributed by atoms with E-state index in [0.29, 0.717) is 11.3 Å². The molecule has 0 saturated heterocycles. The van der Waals surface area contributed by atoms with E-state index in [1.165, 1.54) is 126 Å². The summed E-state index contributed by atoms with van der Waals surface area (Å²) in [6.45, 7) is 4.78. The molecule has 5 fully saturated rings. The molecule has 6 aliphatic carbocycles. The second kappa shape index (κ2) is 11.1. The average molecular weight is 668 g/mol. The number of fused-ring (bicyclic) bond motifs is 7. The van der Waals surface area contributed by atoms with Crippen molar-refractivity contribution in [2.45, 2.75) is 101 Å². The summed E-state index contributed by atoms with van der Waals surface area (Å²) in [5.74, 6) is 3.56. The Bertz CT molecular complexity index is 2260. The van der Waals surface area contributed by atoms with Crippen molar-refractivity contribution in [3.63, 3.8) is 0 Å². The van der Waals surface area contributed by atoms with Gasteiger partial charge in [0.15, 0.2) is 0 Å². The molecule has 5 saturated carbocycles. The molecule has 0 radical (unpaired) electrons. The number of rotatable bonds is 5. The van der Waals surface area contributed by atoms with Crippen molar-refractivity contribution in [2.75, 3.05) is 4.90 Å². The molecule has 12 rings (SSSR count). The Balaban J connectivity index is 1.02. The van der Waals surface area contributed by atoms with Crippen molar-refractivity contribution in [3.05, 3.63) is 125 Å². The van der Waals surface area contributed by atoms with Gasteiger partial charge in [-0.2, -0.15) is 0 Å². The summed E-state index contributed by atoms with van der Waals surface area (Å²) < 4.78 is 6.61. The Morgan fingerprint density at radius 1 is 0.608 bits per heavy atom. The van der Waals surface area contributed by atoms with E-state index in [2.05, 4.69) is 122 Å². The van der Waals surface area contributed by atoms with Crippen LogP contribution in [0.15, 0.2) is 108 Å². The molecule has 51 heavy (non-hydrogen) atoms. The van der Waals surface area contributed by atoms with Crippen LogP contribution in [0.5, 0.6) is 0 Å². The molecule has 0 unspecified atom stereocenters. The molecule has 2 heteroatoms. The van der Waals surface area contributed by atoms with E-state index in [0.717, 1.165) is 28.9 Å². The summed E-state index contributed by atoms with van der Waals surface area (Å²) in [6, 6.07) is 39.8. The highest BCUT2D eigenvalue weighted by molar-refractivity contribution is 6.11. The fraction of sp³-hybridized carbons (Fsp3) is 0.388. The predicted molar refractivity (Wildman–Crippen MR) is 212 cm³/mol. The first-order valence-electron chi connectivity index (χ1n) is 20.0. The lowest BCUT2D eigenvalue weighted by Crippen LogP contribution is -2.48. The van der Waals surface area contributed by atoms with Gasteiger partial charge in [-0.25, -0.2) is 0 Å². The third kappa shape index (κ3) is 4.60. The molecular weight excluding hydrogens is 619 g/mol. The Morgan fingerprint density at radius 3 is 1.96 bits per heavy atom. The number of hydrogen-bond donors (Lipinski definition) is 0. The quantitative estimate of drug-likeness (QED) is 0.182. The predicted octanol–water partition coefficient (Wildman–Crippen LogP) is 13.9. The van der Waals surface area contributed by atoms with E-state index in [1.54, 1.807) is 5.56 Å². The highest BCUT2D eigenvalue weighted by Crippen LogP contribution is 2.61. The van der Waals surface area contributed by atoms with E-state index in [9.17, 15) is 0 Å². The Morgan fingerprint density at radius 2 is 1.25 bits per heavy atom. The van der Waals surface area contributed by atoms with E-state index >= 15 is 0 Å². The normalized spacial score (nSPS) is 26.1. The highest BCUT2D eigenvalue weighted by atomic mass is 16.3. The summed E-state index contributed by atoms with van der Waals surface area (Å²) in [7, 11) is 0. The number of furan rings is 1. The molecule has 0 amide bonds. The van der Waals surface area contributed by atoms with Gasteiger partial charge in [0.1, 0.15) is 11.2 Å². The van der Waals surface area contributed by atoms with Gasteiger partial charge < -0.3 is 9.32 Å². The molecule has 1 aromatic heterocycles. The van der Waals surface area contributed by atoms with Gasteiger partial charge in [0.2, 0.25) is 0 Å². The van der Waals surface area contributed by atoms with Crippen LogP contribution >= 0.6 is 0 Å². The Hall–Kier alpha value is -4.30. The van der Waals surface area contributed by atoms with E-state index in [4.69, 9.17) is 4.42 Å². The van der Waals surface area contributed by atoms with Gasteiger partial charge in [-0.1, -0.05) is 93.8 Å². The first kappa shape index (κ1) is 30.3. The van der Waals surface area contributed by atoms with Gasteiger partial charge in [-0.15, -0.1) is 0 Å². The number of hydrogen-bond acceptors (Lipinski definition) is 2. The van der Waals surface area contributed by atoms with Crippen molar-refractivity contribution < 1.29 is 4.42 Å². The second-order valence-electron chi connectivity index (χ2n) is 17.8. The van der Waals surface area contributed by atoms with Gasteiger partial charge in [-0.3, -0.25) is 0 Å². The monoisotopic (exact) mass is 667 g/mol. The summed E-state index contributed by atoms with van der Waals surface area (Å²) in [5, 5.41) is 2.40. The van der Waals surface area contributed by atoms with Crippen molar-refractivity contribution in [1.82, 2.24) is 0 Å². The number of nitrogens with zero attached hydrogens (tertiary/aromatic N) is 1. The first-order valence-corrected chi connectivity index (χ1v) is 20.0. The van der Waals surface area contributed by atoms with Crippen LogP contribution in [-0.2, 0) is 10.8 Å². The number of anilines is 3. The van der Waals surface area contributed by atoms with E-state index in [1.807, 2.05) is 0 Å². The molecule has 256 valence electrons. The minimum absolute atomic E-state index is 0.146. The van der Waals surface area contributed by atoms with Gasteiger partial charge in [0, 0.05) is 38.8 Å². The van der Waals surface area contributed by atoms with Crippen LogP contribution in [0.2, 0.25) is 0 Å². The zero-order valence-electron chi connectivity index (χ0n) is 30.3. The maximum Gasteiger partial charge on any atom is 0.143 e. The third-order valence-corrected chi connectivity index (χ3v) is 14.4. The lowest BCUT2D eigenvalue weighted by molar-refractivity contribution is -0.00518. The molecule has 6 aromatic rings. The fourth-order valence-electron chi connectivity index (χ4n) is 12.3. The molecule has 2 nitrogen and oxygen atoms in total. The van der Waals surface area contributed by atoms with Crippen LogP contribution < -0.4 is 4.90 Å². The SMILES string of the molecule is CC1(C)c2cc(N(c3ccc(C4CCCCC4)cc3)c3ccc(C45CC6CC(CC(C6)C4)C5)cc3)ccc2-c2c1ccc1c2oc2ccccc21. The fourth-order valence-corrected chi connectivity index (χ4v) is 12.3. The molecule has 5 aromatic carbocycles. The molecule has 0 atom stereocenters. The van der Waals surface area contributed by atoms with Crippen LogP contribution in [0.4, 0.5) is 17.1 Å². The maximum absolute atomic E-state index is 6.61. The second-order valence-corrected chi connectivity index (χ2v) is 17.8. The van der Waals surface area contributed by atoms with Gasteiger partial charge >= 0.3 is 0 Å². The first-order chi connectivity index (χ1) is 24.9. The minimum atomic E-state index is -0.146. The molecule has 0 spiro atoms. The van der Waals surface area contributed by atoms with Crippen LogP contribution in [0.1, 0.15) is 113 Å².